The summed E-state index contributed by atoms with van der Waals surface area (Å²) in [5, 5.41) is 3.02. The van der Waals surface area contributed by atoms with E-state index in [-0.39, 0.29) is 17.7 Å². The molecular weight excluding hydrogens is 430 g/mol. The summed E-state index contributed by atoms with van der Waals surface area (Å²) in [6, 6.07) is 19.7. The van der Waals surface area contributed by atoms with Crippen molar-refractivity contribution in [2.75, 3.05) is 26.2 Å². The Morgan fingerprint density at radius 2 is 2.00 bits per heavy atom. The van der Waals surface area contributed by atoms with Crippen LogP contribution in [0.25, 0.3) is 22.3 Å². The second kappa shape index (κ2) is 9.62. The average molecular weight is 458 g/mol. The zero-order valence-corrected chi connectivity index (χ0v) is 19.0. The normalized spacial score (nSPS) is 16.6. The Hall–Kier alpha value is -3.75. The molecule has 1 amide bonds. The molecule has 2 aromatic carbocycles. The van der Waals surface area contributed by atoms with Gasteiger partial charge in [0.15, 0.2) is 5.65 Å². The van der Waals surface area contributed by atoms with Crippen molar-refractivity contribution in [1.29, 1.82) is 0 Å². The summed E-state index contributed by atoms with van der Waals surface area (Å²) in [6.45, 7) is 3.64. The molecule has 0 radical (unpaired) electrons. The van der Waals surface area contributed by atoms with Gasteiger partial charge in [-0.05, 0) is 29.3 Å². The molecule has 174 valence electrons. The van der Waals surface area contributed by atoms with Gasteiger partial charge < -0.3 is 10.1 Å². The van der Waals surface area contributed by atoms with Crippen LogP contribution in [0.5, 0.6) is 0 Å². The van der Waals surface area contributed by atoms with Gasteiger partial charge in [0.25, 0.3) is 5.91 Å². The van der Waals surface area contributed by atoms with Gasteiger partial charge in [0.1, 0.15) is 0 Å². The molecule has 1 saturated heterocycles. The quantitative estimate of drug-likeness (QED) is 0.464. The van der Waals surface area contributed by atoms with Gasteiger partial charge in [-0.3, -0.25) is 19.2 Å². The van der Waals surface area contributed by atoms with E-state index in [1.165, 1.54) is 10.1 Å². The molecule has 4 aromatic rings. The van der Waals surface area contributed by atoms with Crippen LogP contribution in [0.1, 0.15) is 15.9 Å². The highest BCUT2D eigenvalue weighted by Gasteiger charge is 2.21. The topological polar surface area (TPSA) is 92.2 Å². The molecule has 1 fully saturated rings. The minimum atomic E-state index is -0.208. The van der Waals surface area contributed by atoms with Crippen LogP contribution in [0.15, 0.2) is 71.7 Å². The number of fused-ring (bicyclic) bond motifs is 1. The maximum atomic E-state index is 12.9. The molecule has 5 rings (SSSR count). The Morgan fingerprint density at radius 1 is 1.15 bits per heavy atom. The van der Waals surface area contributed by atoms with E-state index in [1.54, 1.807) is 19.3 Å². The van der Waals surface area contributed by atoms with Gasteiger partial charge in [-0.15, -0.1) is 0 Å². The zero-order chi connectivity index (χ0) is 23.5. The van der Waals surface area contributed by atoms with E-state index < -0.39 is 0 Å². The summed E-state index contributed by atoms with van der Waals surface area (Å²) in [6.07, 6.45) is 1.65. The van der Waals surface area contributed by atoms with Crippen molar-refractivity contribution in [2.24, 2.45) is 7.05 Å². The van der Waals surface area contributed by atoms with Crippen LogP contribution >= 0.6 is 0 Å². The van der Waals surface area contributed by atoms with Gasteiger partial charge in [-0.2, -0.15) is 0 Å². The number of H-pyrrole nitrogens is 1. The Labute approximate surface area is 197 Å². The van der Waals surface area contributed by atoms with Crippen LogP contribution in [0, 0.1) is 0 Å². The number of carbonyl (C=O) groups is 1. The highest BCUT2D eigenvalue weighted by atomic mass is 16.5. The summed E-state index contributed by atoms with van der Waals surface area (Å²) in [7, 11) is 1.70. The van der Waals surface area contributed by atoms with E-state index in [9.17, 15) is 9.59 Å². The van der Waals surface area contributed by atoms with Crippen LogP contribution in [0.4, 0.5) is 0 Å². The smallest absolute Gasteiger partial charge is 0.327 e. The summed E-state index contributed by atoms with van der Waals surface area (Å²) < 4.78 is 7.41. The highest BCUT2D eigenvalue weighted by Crippen LogP contribution is 2.22. The van der Waals surface area contributed by atoms with E-state index in [4.69, 9.17) is 4.74 Å². The van der Waals surface area contributed by atoms with Crippen LogP contribution in [0.2, 0.25) is 0 Å². The summed E-state index contributed by atoms with van der Waals surface area (Å²) in [4.78, 5) is 34.1. The van der Waals surface area contributed by atoms with E-state index in [1.807, 2.05) is 30.3 Å². The van der Waals surface area contributed by atoms with Crippen molar-refractivity contribution in [3.8, 4) is 11.1 Å². The number of imidazole rings is 1. The van der Waals surface area contributed by atoms with Crippen molar-refractivity contribution in [3.63, 3.8) is 0 Å². The van der Waals surface area contributed by atoms with Crippen LogP contribution in [-0.4, -0.2) is 57.7 Å². The molecular formula is C26H27N5O3. The Bertz CT molecular complexity index is 1360. The predicted octanol–water partition coefficient (Wildman–Crippen LogP) is 2.56. The average Bonchev–Trinajstić information content (AvgIpc) is 3.16. The molecule has 1 aliphatic heterocycles. The minimum Gasteiger partial charge on any atom is -0.374 e. The number of aromatic nitrogens is 3. The lowest BCUT2D eigenvalue weighted by Gasteiger charge is -2.33. The van der Waals surface area contributed by atoms with Crippen molar-refractivity contribution in [1.82, 2.24) is 24.8 Å². The van der Waals surface area contributed by atoms with Gasteiger partial charge >= 0.3 is 5.69 Å². The lowest BCUT2D eigenvalue weighted by atomic mass is 10.0. The van der Waals surface area contributed by atoms with E-state index in [0.717, 1.165) is 30.8 Å². The van der Waals surface area contributed by atoms with Crippen molar-refractivity contribution < 1.29 is 9.53 Å². The van der Waals surface area contributed by atoms with E-state index >= 15 is 0 Å². The van der Waals surface area contributed by atoms with Gasteiger partial charge in [0, 0.05) is 50.6 Å². The Balaban J connectivity index is 1.23. The lowest BCUT2D eigenvalue weighted by Crippen LogP contribution is -2.47. The summed E-state index contributed by atoms with van der Waals surface area (Å²) in [5.74, 6) is -0.145. The number of carbonyl (C=O) groups excluding carboxylic acids is 1. The fraction of sp³-hybridized carbons (Fsp3) is 0.269. The number of nitrogens with one attached hydrogen (secondary N) is 2. The highest BCUT2D eigenvalue weighted by molar-refractivity contribution is 5.95. The van der Waals surface area contributed by atoms with E-state index in [0.29, 0.717) is 29.9 Å². The number of ether oxygens (including phenoxy) is 1. The first-order valence-electron chi connectivity index (χ1n) is 11.4. The zero-order valence-electron chi connectivity index (χ0n) is 19.0. The fourth-order valence-electron chi connectivity index (χ4n) is 4.30. The number of rotatable bonds is 6. The van der Waals surface area contributed by atoms with Crippen LogP contribution in [0.3, 0.4) is 0 Å². The second-order valence-corrected chi connectivity index (χ2v) is 8.59. The molecule has 34 heavy (non-hydrogen) atoms. The fourth-order valence-corrected chi connectivity index (χ4v) is 4.30. The molecule has 8 heteroatoms. The number of morpholine rings is 1. The molecule has 2 N–H and O–H groups in total. The first-order chi connectivity index (χ1) is 16.6. The largest absolute Gasteiger partial charge is 0.374 e. The minimum absolute atomic E-state index is 0.0499. The number of aryl methyl sites for hydroxylation is 1. The Morgan fingerprint density at radius 3 is 2.85 bits per heavy atom. The number of hydrogen-bond acceptors (Lipinski definition) is 5. The molecule has 2 aromatic heterocycles. The molecule has 3 heterocycles. The molecule has 0 unspecified atom stereocenters. The molecule has 1 atom stereocenters. The van der Waals surface area contributed by atoms with Crippen molar-refractivity contribution >= 4 is 17.1 Å². The number of aromatic amines is 1. The SMILES string of the molecule is Cn1c(=O)[nH]c2ncc(-c3cccc(C(=O)NC[C@H]4CN(Cc5ccccc5)CCO4)c3)cc21. The van der Waals surface area contributed by atoms with Gasteiger partial charge in [-0.1, -0.05) is 42.5 Å². The van der Waals surface area contributed by atoms with Gasteiger partial charge in [0.05, 0.1) is 18.2 Å². The number of amides is 1. The third-order valence-electron chi connectivity index (χ3n) is 6.18. The Kier molecular flexibility index (Phi) is 6.24. The van der Waals surface area contributed by atoms with Gasteiger partial charge in [-0.25, -0.2) is 9.78 Å². The summed E-state index contributed by atoms with van der Waals surface area (Å²) in [5.41, 5.74) is 4.59. The van der Waals surface area contributed by atoms with Crippen LogP contribution in [-0.2, 0) is 18.3 Å². The first kappa shape index (κ1) is 22.1. The lowest BCUT2D eigenvalue weighted by molar-refractivity contribution is -0.0292. The second-order valence-electron chi connectivity index (χ2n) is 8.59. The first-order valence-corrected chi connectivity index (χ1v) is 11.4. The van der Waals surface area contributed by atoms with Gasteiger partial charge in [0.2, 0.25) is 0 Å². The molecule has 0 spiro atoms. The molecule has 0 bridgehead atoms. The van der Waals surface area contributed by atoms with Crippen molar-refractivity contribution in [3.05, 3.63) is 88.5 Å². The summed E-state index contributed by atoms with van der Waals surface area (Å²) >= 11 is 0. The number of nitrogens with zero attached hydrogens (tertiary/aromatic N) is 3. The molecule has 8 nitrogen and oxygen atoms in total. The maximum Gasteiger partial charge on any atom is 0.327 e. The predicted molar refractivity (Wildman–Crippen MR) is 131 cm³/mol. The van der Waals surface area contributed by atoms with Crippen molar-refractivity contribution in [2.45, 2.75) is 12.6 Å². The number of pyridine rings is 1. The third kappa shape index (κ3) is 4.78. The van der Waals surface area contributed by atoms with Crippen LogP contribution < -0.4 is 11.0 Å². The third-order valence-corrected chi connectivity index (χ3v) is 6.18. The monoisotopic (exact) mass is 457 g/mol. The number of hydrogen-bond donors (Lipinski definition) is 2. The maximum absolute atomic E-state index is 12.9. The molecule has 0 aliphatic carbocycles. The molecule has 0 saturated carbocycles. The standard InChI is InChI=1S/C26H27N5O3/c1-30-23-13-21(14-27-24(23)29-26(30)33)19-8-5-9-20(12-19)25(32)28-15-22-17-31(10-11-34-22)16-18-6-3-2-4-7-18/h2-9,12-14,22H,10-11,15-17H2,1H3,(H,28,32)(H,27,29,33)/t22-/m0/s1. The molecule has 1 aliphatic rings. The number of benzene rings is 2. The van der Waals surface area contributed by atoms with E-state index in [2.05, 4.69) is 44.5 Å².